The topological polar surface area (TPSA) is 64.1 Å². The standard InChI is InChI=1S/C12H11N3O2/c1-17-11-5-3-2-4-9(11)15-12(16)10-6-7-13-8-14-10/h2-8H,1H3,(H,15,16). The molecule has 0 spiro atoms. The summed E-state index contributed by atoms with van der Waals surface area (Å²) in [6.45, 7) is 0. The van der Waals surface area contributed by atoms with Crippen LogP contribution in [0.2, 0.25) is 0 Å². The summed E-state index contributed by atoms with van der Waals surface area (Å²) in [7, 11) is 1.55. The number of amides is 1. The molecule has 1 heterocycles. The van der Waals surface area contributed by atoms with E-state index in [-0.39, 0.29) is 5.91 Å². The van der Waals surface area contributed by atoms with Crippen molar-refractivity contribution in [3.63, 3.8) is 0 Å². The highest BCUT2D eigenvalue weighted by molar-refractivity contribution is 6.03. The molecule has 0 saturated heterocycles. The van der Waals surface area contributed by atoms with Gasteiger partial charge >= 0.3 is 0 Å². The Morgan fingerprint density at radius 2 is 2.12 bits per heavy atom. The van der Waals surface area contributed by atoms with E-state index in [0.29, 0.717) is 17.1 Å². The molecule has 0 unspecified atom stereocenters. The molecular formula is C12H11N3O2. The Bertz CT molecular complexity index is 514. The average molecular weight is 229 g/mol. The number of carbonyl (C=O) groups excluding carboxylic acids is 1. The summed E-state index contributed by atoms with van der Waals surface area (Å²) in [5.41, 5.74) is 0.921. The molecule has 0 atom stereocenters. The predicted molar refractivity (Wildman–Crippen MR) is 63.0 cm³/mol. The quantitative estimate of drug-likeness (QED) is 0.870. The van der Waals surface area contributed by atoms with Crippen molar-refractivity contribution >= 4 is 11.6 Å². The number of benzene rings is 1. The second kappa shape index (κ2) is 5.07. The monoisotopic (exact) mass is 229 g/mol. The summed E-state index contributed by atoms with van der Waals surface area (Å²) in [5.74, 6) is 0.312. The van der Waals surface area contributed by atoms with E-state index in [9.17, 15) is 4.79 Å². The van der Waals surface area contributed by atoms with Crippen LogP contribution in [0.25, 0.3) is 0 Å². The lowest BCUT2D eigenvalue weighted by Crippen LogP contribution is -2.14. The Balaban J connectivity index is 2.19. The van der Waals surface area contributed by atoms with Gasteiger partial charge in [0.2, 0.25) is 0 Å². The van der Waals surface area contributed by atoms with Crippen LogP contribution in [-0.4, -0.2) is 23.0 Å². The van der Waals surface area contributed by atoms with Crippen LogP contribution >= 0.6 is 0 Å². The van der Waals surface area contributed by atoms with Crippen molar-refractivity contribution in [3.8, 4) is 5.75 Å². The van der Waals surface area contributed by atoms with Gasteiger partial charge in [0, 0.05) is 6.20 Å². The summed E-state index contributed by atoms with van der Waals surface area (Å²) in [5, 5.41) is 2.72. The summed E-state index contributed by atoms with van der Waals surface area (Å²) in [6.07, 6.45) is 2.85. The molecule has 1 aromatic heterocycles. The molecule has 0 aliphatic heterocycles. The van der Waals surface area contributed by atoms with E-state index in [2.05, 4.69) is 15.3 Å². The van der Waals surface area contributed by atoms with Crippen LogP contribution in [0.4, 0.5) is 5.69 Å². The number of hydrogen-bond donors (Lipinski definition) is 1. The van der Waals surface area contributed by atoms with Crippen molar-refractivity contribution in [2.24, 2.45) is 0 Å². The van der Waals surface area contributed by atoms with Gasteiger partial charge in [0.1, 0.15) is 17.8 Å². The number of para-hydroxylation sites is 2. The van der Waals surface area contributed by atoms with Gasteiger partial charge in [-0.05, 0) is 18.2 Å². The fourth-order valence-electron chi connectivity index (χ4n) is 1.36. The van der Waals surface area contributed by atoms with Crippen LogP contribution in [0.15, 0.2) is 42.9 Å². The van der Waals surface area contributed by atoms with Crippen LogP contribution in [0.1, 0.15) is 10.5 Å². The normalized spacial score (nSPS) is 9.71. The fourth-order valence-corrected chi connectivity index (χ4v) is 1.36. The second-order valence-electron chi connectivity index (χ2n) is 3.25. The molecule has 0 aliphatic carbocycles. The predicted octanol–water partition coefficient (Wildman–Crippen LogP) is 1.74. The minimum absolute atomic E-state index is 0.295. The molecule has 5 nitrogen and oxygen atoms in total. The number of nitrogens with one attached hydrogen (secondary N) is 1. The van der Waals surface area contributed by atoms with Gasteiger partial charge in [0.05, 0.1) is 12.8 Å². The maximum absolute atomic E-state index is 11.8. The van der Waals surface area contributed by atoms with Crippen molar-refractivity contribution in [1.29, 1.82) is 0 Å². The summed E-state index contributed by atoms with van der Waals surface area (Å²) < 4.78 is 5.13. The summed E-state index contributed by atoms with van der Waals surface area (Å²) >= 11 is 0. The first-order valence-corrected chi connectivity index (χ1v) is 5.01. The molecule has 0 aliphatic rings. The Kier molecular flexibility index (Phi) is 3.30. The van der Waals surface area contributed by atoms with E-state index >= 15 is 0 Å². The Labute approximate surface area is 98.5 Å². The number of nitrogens with zero attached hydrogens (tertiary/aromatic N) is 2. The fraction of sp³-hybridized carbons (Fsp3) is 0.0833. The molecule has 2 rings (SSSR count). The summed E-state index contributed by atoms with van der Waals surface area (Å²) in [6, 6.07) is 8.73. The van der Waals surface area contributed by atoms with Crippen molar-refractivity contribution in [1.82, 2.24) is 9.97 Å². The van der Waals surface area contributed by atoms with Gasteiger partial charge in [-0.1, -0.05) is 12.1 Å². The molecule has 17 heavy (non-hydrogen) atoms. The van der Waals surface area contributed by atoms with Gasteiger partial charge in [-0.15, -0.1) is 0 Å². The highest BCUT2D eigenvalue weighted by atomic mass is 16.5. The van der Waals surface area contributed by atoms with Crippen molar-refractivity contribution in [3.05, 3.63) is 48.5 Å². The van der Waals surface area contributed by atoms with Gasteiger partial charge in [0.15, 0.2) is 0 Å². The second-order valence-corrected chi connectivity index (χ2v) is 3.25. The lowest BCUT2D eigenvalue weighted by molar-refractivity contribution is 0.102. The van der Waals surface area contributed by atoms with Gasteiger partial charge < -0.3 is 10.1 Å². The lowest BCUT2D eigenvalue weighted by Gasteiger charge is -2.08. The zero-order valence-corrected chi connectivity index (χ0v) is 9.25. The highest BCUT2D eigenvalue weighted by Gasteiger charge is 2.09. The first-order chi connectivity index (χ1) is 8.31. The lowest BCUT2D eigenvalue weighted by atomic mass is 10.3. The van der Waals surface area contributed by atoms with E-state index in [1.807, 2.05) is 12.1 Å². The zero-order chi connectivity index (χ0) is 12.1. The van der Waals surface area contributed by atoms with Crippen LogP contribution < -0.4 is 10.1 Å². The molecule has 1 N–H and O–H groups in total. The van der Waals surface area contributed by atoms with E-state index in [0.717, 1.165) is 0 Å². The number of rotatable bonds is 3. The Morgan fingerprint density at radius 1 is 1.29 bits per heavy atom. The number of methoxy groups -OCH3 is 1. The van der Waals surface area contributed by atoms with Crippen molar-refractivity contribution in [2.75, 3.05) is 12.4 Å². The zero-order valence-electron chi connectivity index (χ0n) is 9.25. The first-order valence-electron chi connectivity index (χ1n) is 5.01. The molecular weight excluding hydrogens is 218 g/mol. The average Bonchev–Trinajstić information content (AvgIpc) is 2.40. The molecule has 0 saturated carbocycles. The third-order valence-electron chi connectivity index (χ3n) is 2.17. The van der Waals surface area contributed by atoms with E-state index < -0.39 is 0 Å². The van der Waals surface area contributed by atoms with Crippen molar-refractivity contribution in [2.45, 2.75) is 0 Å². The number of ether oxygens (including phenoxy) is 1. The summed E-state index contributed by atoms with van der Waals surface area (Å²) in [4.78, 5) is 19.4. The molecule has 86 valence electrons. The SMILES string of the molecule is COc1ccccc1NC(=O)c1ccncn1. The Hall–Kier alpha value is -2.43. The number of carbonyl (C=O) groups is 1. The van der Waals surface area contributed by atoms with E-state index in [1.54, 1.807) is 25.3 Å². The molecule has 0 fully saturated rings. The number of anilines is 1. The van der Waals surface area contributed by atoms with E-state index in [1.165, 1.54) is 12.5 Å². The first kappa shape index (κ1) is 11.1. The smallest absolute Gasteiger partial charge is 0.274 e. The van der Waals surface area contributed by atoms with Crippen LogP contribution in [0.3, 0.4) is 0 Å². The molecule has 0 radical (unpaired) electrons. The number of hydrogen-bond acceptors (Lipinski definition) is 4. The van der Waals surface area contributed by atoms with Crippen molar-refractivity contribution < 1.29 is 9.53 Å². The minimum Gasteiger partial charge on any atom is -0.495 e. The number of aromatic nitrogens is 2. The maximum atomic E-state index is 11.8. The van der Waals surface area contributed by atoms with Gasteiger partial charge in [0.25, 0.3) is 5.91 Å². The van der Waals surface area contributed by atoms with Gasteiger partial charge in [-0.3, -0.25) is 4.79 Å². The van der Waals surface area contributed by atoms with Gasteiger partial charge in [-0.25, -0.2) is 9.97 Å². The van der Waals surface area contributed by atoms with Gasteiger partial charge in [-0.2, -0.15) is 0 Å². The van der Waals surface area contributed by atoms with E-state index in [4.69, 9.17) is 4.74 Å². The highest BCUT2D eigenvalue weighted by Crippen LogP contribution is 2.23. The largest absolute Gasteiger partial charge is 0.495 e. The van der Waals surface area contributed by atoms with Crippen LogP contribution in [0, 0.1) is 0 Å². The molecule has 0 bridgehead atoms. The maximum Gasteiger partial charge on any atom is 0.274 e. The van der Waals surface area contributed by atoms with Crippen LogP contribution in [-0.2, 0) is 0 Å². The third kappa shape index (κ3) is 2.57. The molecule has 1 amide bonds. The molecule has 2 aromatic rings. The Morgan fingerprint density at radius 3 is 2.82 bits per heavy atom. The molecule has 5 heteroatoms. The minimum atomic E-state index is -0.295. The third-order valence-corrected chi connectivity index (χ3v) is 2.17. The molecule has 1 aromatic carbocycles. The van der Waals surface area contributed by atoms with Crippen LogP contribution in [0.5, 0.6) is 5.75 Å².